The predicted octanol–water partition coefficient (Wildman–Crippen LogP) is 3.01. The Labute approximate surface area is 129 Å². The van der Waals surface area contributed by atoms with Crippen LogP contribution in [0.1, 0.15) is 12.1 Å². The maximum atomic E-state index is 10.7. The molecule has 0 aliphatic rings. The maximum absolute atomic E-state index is 10.7. The van der Waals surface area contributed by atoms with Crippen LogP contribution in [0.2, 0.25) is 0 Å². The van der Waals surface area contributed by atoms with Crippen LogP contribution in [0.15, 0.2) is 42.0 Å². The summed E-state index contributed by atoms with van der Waals surface area (Å²) in [6.07, 6.45) is 6.79. The van der Waals surface area contributed by atoms with Gasteiger partial charge in [-0.05, 0) is 22.0 Å². The third-order valence-corrected chi connectivity index (χ3v) is 3.35. The highest BCUT2D eigenvalue weighted by Crippen LogP contribution is 2.20. The summed E-state index contributed by atoms with van der Waals surface area (Å²) < 4.78 is 62.1. The minimum atomic E-state index is -6.09. The standard InChI is InChI=1S/C11H13BrN.CHF3O3S/c1-3-5-8-13-9-6-7-10(12)11(13)4-2;2-1(3,4)8(5,6)7/h3-4,6-7,9H,1-2,5,8H2;(H,5,6,7)/q+1;/p-1. The second-order valence-corrected chi connectivity index (χ2v) is 5.84. The molecule has 0 radical (unpaired) electrons. The van der Waals surface area contributed by atoms with Gasteiger partial charge in [-0.1, -0.05) is 12.7 Å². The molecule has 0 spiro atoms. The smallest absolute Gasteiger partial charge is 0.485 e. The zero-order valence-electron chi connectivity index (χ0n) is 10.8. The lowest BCUT2D eigenvalue weighted by Crippen LogP contribution is -2.36. The second-order valence-electron chi connectivity index (χ2n) is 3.62. The molecular formula is C12H13BrF3NO3S. The molecule has 118 valence electrons. The molecule has 1 aromatic heterocycles. The fourth-order valence-corrected chi connectivity index (χ4v) is 1.72. The van der Waals surface area contributed by atoms with Gasteiger partial charge < -0.3 is 4.55 Å². The molecule has 1 heterocycles. The van der Waals surface area contributed by atoms with Crippen LogP contribution >= 0.6 is 15.9 Å². The second kappa shape index (κ2) is 8.30. The molecule has 1 aromatic rings. The third-order valence-electron chi connectivity index (χ3n) is 2.11. The Kier molecular flexibility index (Phi) is 7.83. The van der Waals surface area contributed by atoms with Gasteiger partial charge in [0.2, 0.25) is 5.69 Å². The van der Waals surface area contributed by atoms with Gasteiger partial charge in [0.15, 0.2) is 22.9 Å². The summed E-state index contributed by atoms with van der Waals surface area (Å²) in [5, 5.41) is 0. The van der Waals surface area contributed by atoms with Crippen molar-refractivity contribution >= 4 is 32.1 Å². The summed E-state index contributed by atoms with van der Waals surface area (Å²) in [7, 11) is -6.09. The van der Waals surface area contributed by atoms with E-state index in [0.29, 0.717) is 0 Å². The number of rotatable bonds is 4. The zero-order chi connectivity index (χ0) is 16.7. The van der Waals surface area contributed by atoms with E-state index in [2.05, 4.69) is 33.7 Å². The monoisotopic (exact) mass is 387 g/mol. The summed E-state index contributed by atoms with van der Waals surface area (Å²) >= 11 is 3.48. The number of hydrogen-bond acceptors (Lipinski definition) is 3. The van der Waals surface area contributed by atoms with Crippen molar-refractivity contribution in [3.8, 4) is 0 Å². The number of allylic oxidation sites excluding steroid dienone is 1. The number of hydrogen-bond donors (Lipinski definition) is 0. The van der Waals surface area contributed by atoms with Gasteiger partial charge in [-0.15, -0.1) is 6.58 Å². The van der Waals surface area contributed by atoms with Crippen molar-refractivity contribution in [2.75, 3.05) is 0 Å². The number of pyridine rings is 1. The Morgan fingerprint density at radius 3 is 2.29 bits per heavy atom. The van der Waals surface area contributed by atoms with Crippen molar-refractivity contribution in [3.05, 3.63) is 47.7 Å². The molecule has 0 saturated heterocycles. The molecule has 0 aromatic carbocycles. The van der Waals surface area contributed by atoms with E-state index in [9.17, 15) is 13.2 Å². The first-order valence-corrected chi connectivity index (χ1v) is 7.68. The number of nitrogens with zero attached hydrogens (tertiary/aromatic N) is 1. The molecule has 1 rings (SSSR count). The lowest BCUT2D eigenvalue weighted by Gasteiger charge is -2.08. The lowest BCUT2D eigenvalue weighted by molar-refractivity contribution is -0.698. The van der Waals surface area contributed by atoms with Crippen molar-refractivity contribution < 1.29 is 30.7 Å². The van der Waals surface area contributed by atoms with Crippen molar-refractivity contribution in [1.82, 2.24) is 0 Å². The molecule has 0 atom stereocenters. The number of aryl methyl sites for hydroxylation is 1. The minimum absolute atomic E-state index is 0.949. The number of aromatic nitrogens is 1. The van der Waals surface area contributed by atoms with Crippen LogP contribution in [0.5, 0.6) is 0 Å². The fourth-order valence-electron chi connectivity index (χ4n) is 1.17. The Morgan fingerprint density at radius 1 is 1.38 bits per heavy atom. The van der Waals surface area contributed by atoms with Crippen LogP contribution in [0, 0.1) is 0 Å². The summed E-state index contributed by atoms with van der Waals surface area (Å²) in [4.78, 5) is 0. The third kappa shape index (κ3) is 6.87. The molecule has 0 N–H and O–H groups in total. The van der Waals surface area contributed by atoms with Gasteiger partial charge in [-0.2, -0.15) is 17.7 Å². The van der Waals surface area contributed by atoms with E-state index in [1.807, 2.05) is 30.5 Å². The Balaban J connectivity index is 0.000000433. The van der Waals surface area contributed by atoms with Crippen molar-refractivity contribution in [2.24, 2.45) is 0 Å². The highest BCUT2D eigenvalue weighted by Gasteiger charge is 2.36. The van der Waals surface area contributed by atoms with Crippen molar-refractivity contribution in [2.45, 2.75) is 18.5 Å². The van der Waals surface area contributed by atoms with Gasteiger partial charge in [0, 0.05) is 18.6 Å². The average Bonchev–Trinajstić information content (AvgIpc) is 2.34. The highest BCUT2D eigenvalue weighted by molar-refractivity contribution is 9.10. The van der Waals surface area contributed by atoms with Gasteiger partial charge in [0.1, 0.15) is 0 Å². The lowest BCUT2D eigenvalue weighted by atomic mass is 10.3. The number of alkyl halides is 3. The van der Waals surface area contributed by atoms with E-state index in [1.54, 1.807) is 0 Å². The van der Waals surface area contributed by atoms with Crippen LogP contribution in [0.3, 0.4) is 0 Å². The fraction of sp³-hybridized carbons (Fsp3) is 0.250. The van der Waals surface area contributed by atoms with Gasteiger partial charge in [0.05, 0.1) is 4.47 Å². The summed E-state index contributed by atoms with van der Waals surface area (Å²) in [5.74, 6) is 0. The first-order chi connectivity index (χ1) is 9.54. The minimum Gasteiger partial charge on any atom is -0.741 e. The normalized spacial score (nSPS) is 11.3. The molecule has 0 amide bonds. The van der Waals surface area contributed by atoms with Crippen LogP contribution < -0.4 is 4.57 Å². The summed E-state index contributed by atoms with van der Waals surface area (Å²) in [6.45, 7) is 8.44. The van der Waals surface area contributed by atoms with Crippen LogP contribution in [0.25, 0.3) is 6.08 Å². The largest absolute Gasteiger partial charge is 0.741 e. The van der Waals surface area contributed by atoms with E-state index in [1.165, 1.54) is 0 Å². The highest BCUT2D eigenvalue weighted by atomic mass is 79.9. The quantitative estimate of drug-likeness (QED) is 0.345. The molecule has 21 heavy (non-hydrogen) atoms. The van der Waals surface area contributed by atoms with E-state index >= 15 is 0 Å². The molecule has 9 heteroatoms. The average molecular weight is 388 g/mol. The maximum Gasteiger partial charge on any atom is 0.485 e. The van der Waals surface area contributed by atoms with Crippen molar-refractivity contribution in [1.29, 1.82) is 0 Å². The predicted molar refractivity (Wildman–Crippen MR) is 75.0 cm³/mol. The SMILES string of the molecule is C=CCC[n+]1cccc(Br)c1C=C.O=S(=O)([O-])C(F)(F)F. The Bertz CT molecular complexity index is 600. The molecule has 0 bridgehead atoms. The van der Waals surface area contributed by atoms with Gasteiger partial charge in [-0.3, -0.25) is 0 Å². The topological polar surface area (TPSA) is 61.1 Å². The molecule has 0 aliphatic carbocycles. The van der Waals surface area contributed by atoms with E-state index < -0.39 is 15.6 Å². The molecule has 0 saturated carbocycles. The molecule has 4 nitrogen and oxygen atoms in total. The summed E-state index contributed by atoms with van der Waals surface area (Å²) in [6, 6.07) is 4.03. The Morgan fingerprint density at radius 2 is 1.90 bits per heavy atom. The summed E-state index contributed by atoms with van der Waals surface area (Å²) in [5.41, 5.74) is -4.53. The van der Waals surface area contributed by atoms with Crippen LogP contribution in [-0.4, -0.2) is 18.5 Å². The van der Waals surface area contributed by atoms with Crippen LogP contribution in [0.4, 0.5) is 13.2 Å². The first-order valence-electron chi connectivity index (χ1n) is 5.48. The Hall–Kier alpha value is -1.19. The van der Waals surface area contributed by atoms with E-state index in [0.717, 1.165) is 23.1 Å². The van der Waals surface area contributed by atoms with Crippen molar-refractivity contribution in [3.63, 3.8) is 0 Å². The van der Waals surface area contributed by atoms with Gasteiger partial charge >= 0.3 is 5.51 Å². The molecule has 0 aliphatic heterocycles. The molecule has 0 fully saturated rings. The van der Waals surface area contributed by atoms with E-state index in [4.69, 9.17) is 13.0 Å². The van der Waals surface area contributed by atoms with E-state index in [-0.39, 0.29) is 0 Å². The molecular weight excluding hydrogens is 375 g/mol. The zero-order valence-corrected chi connectivity index (χ0v) is 13.2. The van der Waals surface area contributed by atoms with Crippen LogP contribution in [-0.2, 0) is 16.7 Å². The first kappa shape index (κ1) is 19.8. The molecule has 0 unspecified atom stereocenters. The van der Waals surface area contributed by atoms with Gasteiger partial charge in [0.25, 0.3) is 0 Å². The number of halogens is 4. The van der Waals surface area contributed by atoms with Gasteiger partial charge in [-0.25, -0.2) is 8.42 Å².